The predicted molar refractivity (Wildman–Crippen MR) is 120 cm³/mol. The van der Waals surface area contributed by atoms with Gasteiger partial charge in [-0.15, -0.1) is 0 Å². The summed E-state index contributed by atoms with van der Waals surface area (Å²) in [5, 5.41) is 7.04. The summed E-state index contributed by atoms with van der Waals surface area (Å²) in [6.07, 6.45) is 3.02. The van der Waals surface area contributed by atoms with Crippen LogP contribution < -0.4 is 5.32 Å². The highest BCUT2D eigenvalue weighted by atomic mass is 16.5. The molecular formula is C24H20N4O5. The third kappa shape index (κ3) is 4.29. The highest BCUT2D eigenvalue weighted by Crippen LogP contribution is 2.23. The first-order chi connectivity index (χ1) is 15.9. The van der Waals surface area contributed by atoms with Crippen LogP contribution >= 0.6 is 0 Å². The summed E-state index contributed by atoms with van der Waals surface area (Å²) in [4.78, 5) is 41.4. The van der Waals surface area contributed by atoms with Gasteiger partial charge in [0.05, 0.1) is 37.2 Å². The Morgan fingerprint density at radius 2 is 1.55 bits per heavy atom. The second-order valence-electron chi connectivity index (χ2n) is 7.23. The Morgan fingerprint density at radius 1 is 0.909 bits per heavy atom. The maximum atomic E-state index is 13.0. The minimum Gasteiger partial charge on any atom is -0.465 e. The number of hydrogen-bond acceptors (Lipinski definition) is 7. The van der Waals surface area contributed by atoms with Crippen LogP contribution in [0, 0.1) is 6.92 Å². The highest BCUT2D eigenvalue weighted by Gasteiger charge is 2.19. The summed E-state index contributed by atoms with van der Waals surface area (Å²) >= 11 is 0. The van der Waals surface area contributed by atoms with Crippen LogP contribution in [0.3, 0.4) is 0 Å². The van der Waals surface area contributed by atoms with Crippen LogP contribution in [0.2, 0.25) is 0 Å². The number of fused-ring (bicyclic) bond motifs is 1. The molecule has 0 fully saturated rings. The Hall–Kier alpha value is -4.53. The highest BCUT2D eigenvalue weighted by molar-refractivity contribution is 6.09. The fourth-order valence-electron chi connectivity index (χ4n) is 3.36. The van der Waals surface area contributed by atoms with Crippen molar-refractivity contribution in [2.24, 2.45) is 0 Å². The zero-order valence-electron chi connectivity index (χ0n) is 18.2. The van der Waals surface area contributed by atoms with E-state index in [2.05, 4.69) is 15.4 Å². The molecule has 4 rings (SSSR count). The summed E-state index contributed by atoms with van der Waals surface area (Å²) in [5.41, 5.74) is 3.83. The lowest BCUT2D eigenvalue weighted by Gasteiger charge is -2.09. The van der Waals surface area contributed by atoms with E-state index in [-0.39, 0.29) is 22.4 Å². The summed E-state index contributed by atoms with van der Waals surface area (Å²) in [7, 11) is 2.45. The van der Waals surface area contributed by atoms with Crippen molar-refractivity contribution in [3.05, 3.63) is 83.2 Å². The Morgan fingerprint density at radius 3 is 2.15 bits per heavy atom. The number of carbonyl (C=O) groups is 3. The van der Waals surface area contributed by atoms with E-state index in [0.717, 1.165) is 16.8 Å². The molecule has 9 heteroatoms. The molecule has 2 aromatic carbocycles. The van der Waals surface area contributed by atoms with Crippen LogP contribution in [0.1, 0.15) is 36.6 Å². The zero-order valence-corrected chi connectivity index (χ0v) is 18.2. The van der Waals surface area contributed by atoms with E-state index >= 15 is 0 Å². The van der Waals surface area contributed by atoms with Crippen molar-refractivity contribution in [3.8, 4) is 11.3 Å². The minimum atomic E-state index is -0.656. The predicted octanol–water partition coefficient (Wildman–Crippen LogP) is 3.53. The van der Waals surface area contributed by atoms with Gasteiger partial charge in [-0.05, 0) is 31.2 Å². The van der Waals surface area contributed by atoms with Crippen LogP contribution in [0.4, 0.5) is 5.69 Å². The number of ether oxygens (including phenoxy) is 2. The first kappa shape index (κ1) is 21.7. The molecule has 0 saturated carbocycles. The van der Waals surface area contributed by atoms with Gasteiger partial charge in [-0.2, -0.15) is 5.10 Å². The van der Waals surface area contributed by atoms with Crippen molar-refractivity contribution < 1.29 is 23.9 Å². The first-order valence-electron chi connectivity index (χ1n) is 9.94. The van der Waals surface area contributed by atoms with Crippen molar-refractivity contribution in [1.29, 1.82) is 0 Å². The van der Waals surface area contributed by atoms with E-state index in [9.17, 15) is 14.4 Å². The van der Waals surface area contributed by atoms with E-state index in [1.165, 1.54) is 38.6 Å². The van der Waals surface area contributed by atoms with Crippen molar-refractivity contribution in [2.45, 2.75) is 6.92 Å². The second kappa shape index (κ2) is 8.91. The van der Waals surface area contributed by atoms with Gasteiger partial charge in [-0.3, -0.25) is 4.79 Å². The number of rotatable bonds is 5. The lowest BCUT2D eigenvalue weighted by atomic mass is 10.1. The van der Waals surface area contributed by atoms with Crippen molar-refractivity contribution in [3.63, 3.8) is 0 Å². The largest absolute Gasteiger partial charge is 0.465 e. The van der Waals surface area contributed by atoms with Gasteiger partial charge in [-0.1, -0.05) is 29.8 Å². The topological polar surface area (TPSA) is 112 Å². The van der Waals surface area contributed by atoms with Gasteiger partial charge in [-0.25, -0.2) is 19.1 Å². The molecule has 9 nitrogen and oxygen atoms in total. The molecule has 2 heterocycles. The van der Waals surface area contributed by atoms with Crippen molar-refractivity contribution >= 4 is 29.2 Å². The number of aryl methyl sites for hydroxylation is 1. The Kier molecular flexibility index (Phi) is 5.86. The number of amides is 1. The number of nitrogens with zero attached hydrogens (tertiary/aromatic N) is 3. The van der Waals surface area contributed by atoms with E-state index < -0.39 is 17.8 Å². The normalized spacial score (nSPS) is 10.6. The number of nitrogens with one attached hydrogen (secondary N) is 1. The molecule has 33 heavy (non-hydrogen) atoms. The molecule has 0 spiro atoms. The fraction of sp³-hybridized carbons (Fsp3) is 0.125. The van der Waals surface area contributed by atoms with E-state index in [1.807, 2.05) is 37.3 Å². The monoisotopic (exact) mass is 444 g/mol. The number of benzene rings is 2. The summed E-state index contributed by atoms with van der Waals surface area (Å²) in [5.74, 6) is -1.82. The summed E-state index contributed by atoms with van der Waals surface area (Å²) < 4.78 is 11.0. The van der Waals surface area contributed by atoms with E-state index in [1.54, 1.807) is 10.7 Å². The molecule has 0 atom stereocenters. The average molecular weight is 444 g/mol. The Balaban J connectivity index is 1.70. The van der Waals surface area contributed by atoms with Crippen molar-refractivity contribution in [2.75, 3.05) is 19.5 Å². The standard InChI is InChI=1S/C24H20N4O5/c1-14-4-6-15(7-5-14)20-8-9-25-21-19(13-26-28(20)21)22(29)27-18-11-16(23(30)32-2)10-17(12-18)24(31)33-3/h4-13H,1-3H3,(H,27,29). The maximum absolute atomic E-state index is 13.0. The van der Waals surface area contributed by atoms with Crippen molar-refractivity contribution in [1.82, 2.24) is 14.6 Å². The van der Waals surface area contributed by atoms with Gasteiger partial charge in [0.15, 0.2) is 5.65 Å². The first-order valence-corrected chi connectivity index (χ1v) is 9.94. The SMILES string of the molecule is COC(=O)c1cc(NC(=O)c2cnn3c(-c4ccc(C)cc4)ccnc23)cc(C(=O)OC)c1. The molecular weight excluding hydrogens is 424 g/mol. The number of anilines is 1. The maximum Gasteiger partial charge on any atom is 0.337 e. The molecule has 4 aromatic rings. The van der Waals surface area contributed by atoms with Gasteiger partial charge in [0, 0.05) is 17.4 Å². The van der Waals surface area contributed by atoms with E-state index in [0.29, 0.717) is 5.65 Å². The number of carbonyl (C=O) groups excluding carboxylic acids is 3. The van der Waals surface area contributed by atoms with Gasteiger partial charge in [0.1, 0.15) is 5.56 Å². The molecule has 0 unspecified atom stereocenters. The van der Waals surface area contributed by atoms with Crippen LogP contribution in [-0.2, 0) is 9.47 Å². The lowest BCUT2D eigenvalue weighted by molar-refractivity contribution is 0.0599. The minimum absolute atomic E-state index is 0.0929. The Bertz CT molecular complexity index is 1340. The quantitative estimate of drug-likeness (QED) is 0.469. The molecule has 1 N–H and O–H groups in total. The Labute approximate surface area is 189 Å². The van der Waals surface area contributed by atoms with Gasteiger partial charge < -0.3 is 14.8 Å². The molecule has 0 saturated heterocycles. The third-order valence-corrected chi connectivity index (χ3v) is 5.03. The zero-order chi connectivity index (χ0) is 23.5. The van der Waals surface area contributed by atoms with Gasteiger partial charge >= 0.3 is 11.9 Å². The summed E-state index contributed by atoms with van der Waals surface area (Å²) in [6.45, 7) is 2.00. The van der Waals surface area contributed by atoms with Gasteiger partial charge in [0.2, 0.25) is 0 Å². The average Bonchev–Trinajstić information content (AvgIpc) is 3.28. The number of esters is 2. The van der Waals surface area contributed by atoms with Crippen LogP contribution in [-0.4, -0.2) is 46.7 Å². The molecule has 0 aliphatic rings. The molecule has 2 aromatic heterocycles. The second-order valence-corrected chi connectivity index (χ2v) is 7.23. The summed E-state index contributed by atoms with van der Waals surface area (Å²) in [6, 6.07) is 13.9. The number of aromatic nitrogens is 3. The third-order valence-electron chi connectivity index (χ3n) is 5.03. The van der Waals surface area contributed by atoms with Crippen LogP contribution in [0.15, 0.2) is 60.9 Å². The van der Waals surface area contributed by atoms with Crippen LogP contribution in [0.25, 0.3) is 16.9 Å². The molecule has 0 bridgehead atoms. The molecule has 166 valence electrons. The molecule has 0 radical (unpaired) electrons. The molecule has 0 aliphatic carbocycles. The fourth-order valence-corrected chi connectivity index (χ4v) is 3.36. The molecule has 1 amide bonds. The van der Waals surface area contributed by atoms with Gasteiger partial charge in [0.25, 0.3) is 5.91 Å². The number of methoxy groups -OCH3 is 2. The lowest BCUT2D eigenvalue weighted by Crippen LogP contribution is -2.14. The smallest absolute Gasteiger partial charge is 0.337 e. The molecule has 0 aliphatic heterocycles. The number of hydrogen-bond donors (Lipinski definition) is 1. The van der Waals surface area contributed by atoms with E-state index in [4.69, 9.17) is 9.47 Å². The van der Waals surface area contributed by atoms with Crippen LogP contribution in [0.5, 0.6) is 0 Å².